The highest BCUT2D eigenvalue weighted by Crippen LogP contribution is 2.13. The van der Waals surface area contributed by atoms with Crippen molar-refractivity contribution in [1.29, 1.82) is 0 Å². The van der Waals surface area contributed by atoms with Crippen LogP contribution in [0.2, 0.25) is 0 Å². The van der Waals surface area contributed by atoms with E-state index in [0.717, 1.165) is 12.0 Å². The van der Waals surface area contributed by atoms with Gasteiger partial charge in [-0.3, -0.25) is 0 Å². The van der Waals surface area contributed by atoms with Crippen molar-refractivity contribution in [2.24, 2.45) is 0 Å². The number of hydrogen-bond donors (Lipinski definition) is 1. The summed E-state index contributed by atoms with van der Waals surface area (Å²) >= 11 is 0. The first-order valence-corrected chi connectivity index (χ1v) is 5.95. The van der Waals surface area contributed by atoms with E-state index in [9.17, 15) is 5.11 Å². The SMILES string of the molecule is CCCOCc1noc(Cc2ccc(O)cc2)n1. The lowest BCUT2D eigenvalue weighted by Gasteiger charge is -1.97. The zero-order valence-corrected chi connectivity index (χ0v) is 10.3. The number of nitrogens with zero attached hydrogens (tertiary/aromatic N) is 2. The Morgan fingerprint density at radius 1 is 1.28 bits per heavy atom. The average Bonchev–Trinajstić information content (AvgIpc) is 2.80. The van der Waals surface area contributed by atoms with Crippen molar-refractivity contribution in [3.63, 3.8) is 0 Å². The molecule has 0 aliphatic carbocycles. The average molecular weight is 248 g/mol. The molecule has 96 valence electrons. The third-order valence-electron chi connectivity index (χ3n) is 2.38. The second kappa shape index (κ2) is 6.16. The van der Waals surface area contributed by atoms with Gasteiger partial charge in [-0.15, -0.1) is 0 Å². The number of hydrogen-bond acceptors (Lipinski definition) is 5. The van der Waals surface area contributed by atoms with Gasteiger partial charge in [0.2, 0.25) is 5.89 Å². The molecule has 0 spiro atoms. The highest BCUT2D eigenvalue weighted by Gasteiger charge is 2.07. The van der Waals surface area contributed by atoms with Gasteiger partial charge in [0.25, 0.3) is 0 Å². The number of benzene rings is 1. The molecule has 5 nitrogen and oxygen atoms in total. The van der Waals surface area contributed by atoms with Gasteiger partial charge >= 0.3 is 0 Å². The summed E-state index contributed by atoms with van der Waals surface area (Å²) in [6, 6.07) is 6.92. The molecule has 1 aromatic carbocycles. The minimum Gasteiger partial charge on any atom is -0.508 e. The van der Waals surface area contributed by atoms with Crippen LogP contribution in [0.3, 0.4) is 0 Å². The first-order chi connectivity index (χ1) is 8.78. The fourth-order valence-electron chi connectivity index (χ4n) is 1.52. The smallest absolute Gasteiger partial charge is 0.231 e. The van der Waals surface area contributed by atoms with Crippen molar-refractivity contribution in [1.82, 2.24) is 10.1 Å². The van der Waals surface area contributed by atoms with E-state index < -0.39 is 0 Å². The number of aromatic hydroxyl groups is 1. The van der Waals surface area contributed by atoms with Crippen LogP contribution in [0.1, 0.15) is 30.6 Å². The molecule has 18 heavy (non-hydrogen) atoms. The highest BCUT2D eigenvalue weighted by molar-refractivity contribution is 5.27. The van der Waals surface area contributed by atoms with E-state index in [0.29, 0.717) is 31.3 Å². The summed E-state index contributed by atoms with van der Waals surface area (Å²) in [6.07, 6.45) is 1.53. The summed E-state index contributed by atoms with van der Waals surface area (Å²) in [4.78, 5) is 4.23. The quantitative estimate of drug-likeness (QED) is 0.794. The Morgan fingerprint density at radius 2 is 2.06 bits per heavy atom. The predicted octanol–water partition coefficient (Wildman–Crippen LogP) is 2.29. The number of phenols is 1. The van der Waals surface area contributed by atoms with Crippen molar-refractivity contribution in [2.45, 2.75) is 26.4 Å². The van der Waals surface area contributed by atoms with Crippen molar-refractivity contribution >= 4 is 0 Å². The zero-order chi connectivity index (χ0) is 12.8. The van der Waals surface area contributed by atoms with Crippen LogP contribution in [0.15, 0.2) is 28.8 Å². The molecule has 0 fully saturated rings. The maximum Gasteiger partial charge on any atom is 0.231 e. The third kappa shape index (κ3) is 3.56. The zero-order valence-electron chi connectivity index (χ0n) is 10.3. The lowest BCUT2D eigenvalue weighted by molar-refractivity contribution is 0.114. The van der Waals surface area contributed by atoms with Crippen molar-refractivity contribution in [3.05, 3.63) is 41.5 Å². The third-order valence-corrected chi connectivity index (χ3v) is 2.38. The fraction of sp³-hybridized carbons (Fsp3) is 0.385. The van der Waals surface area contributed by atoms with Crippen LogP contribution in [-0.4, -0.2) is 21.9 Å². The molecule has 0 atom stereocenters. The van der Waals surface area contributed by atoms with Crippen LogP contribution in [0.4, 0.5) is 0 Å². The monoisotopic (exact) mass is 248 g/mol. The summed E-state index contributed by atoms with van der Waals surface area (Å²) < 4.78 is 10.5. The van der Waals surface area contributed by atoms with Gasteiger partial charge in [-0.1, -0.05) is 24.2 Å². The van der Waals surface area contributed by atoms with Crippen LogP contribution in [0.5, 0.6) is 5.75 Å². The first-order valence-electron chi connectivity index (χ1n) is 5.95. The minimum atomic E-state index is 0.248. The number of ether oxygens (including phenoxy) is 1. The Morgan fingerprint density at radius 3 is 2.78 bits per heavy atom. The van der Waals surface area contributed by atoms with Gasteiger partial charge in [0.05, 0.1) is 6.42 Å². The molecule has 0 aliphatic rings. The summed E-state index contributed by atoms with van der Waals surface area (Å²) in [5, 5.41) is 13.0. The number of aromatic nitrogens is 2. The number of rotatable bonds is 6. The first kappa shape index (κ1) is 12.6. The second-order valence-corrected chi connectivity index (χ2v) is 4.00. The second-order valence-electron chi connectivity index (χ2n) is 4.00. The minimum absolute atomic E-state index is 0.248. The summed E-state index contributed by atoms with van der Waals surface area (Å²) in [7, 11) is 0. The van der Waals surface area contributed by atoms with Crippen LogP contribution >= 0.6 is 0 Å². The molecule has 0 saturated heterocycles. The normalized spacial score (nSPS) is 10.7. The molecule has 0 unspecified atom stereocenters. The Labute approximate surface area is 105 Å². The molecule has 1 heterocycles. The molecule has 2 rings (SSSR count). The van der Waals surface area contributed by atoms with Gasteiger partial charge in [0.15, 0.2) is 5.82 Å². The van der Waals surface area contributed by atoms with E-state index >= 15 is 0 Å². The van der Waals surface area contributed by atoms with Crippen molar-refractivity contribution in [2.75, 3.05) is 6.61 Å². The largest absolute Gasteiger partial charge is 0.508 e. The van der Waals surface area contributed by atoms with Crippen molar-refractivity contribution in [3.8, 4) is 5.75 Å². The van der Waals surface area contributed by atoms with E-state index in [1.165, 1.54) is 0 Å². The van der Waals surface area contributed by atoms with E-state index in [-0.39, 0.29) is 5.75 Å². The van der Waals surface area contributed by atoms with E-state index in [1.807, 2.05) is 19.1 Å². The van der Waals surface area contributed by atoms with E-state index in [2.05, 4.69) is 10.1 Å². The maximum atomic E-state index is 9.18. The Kier molecular flexibility index (Phi) is 4.30. The standard InChI is InChI=1S/C13H16N2O3/c1-2-7-17-9-12-14-13(18-15-12)8-10-3-5-11(16)6-4-10/h3-6,16H,2,7-9H2,1H3. The molecule has 0 bridgehead atoms. The van der Waals surface area contributed by atoms with Crippen LogP contribution in [0.25, 0.3) is 0 Å². The lowest BCUT2D eigenvalue weighted by Crippen LogP contribution is -1.96. The molecular weight excluding hydrogens is 232 g/mol. The van der Waals surface area contributed by atoms with Gasteiger partial charge in [-0.05, 0) is 24.1 Å². The van der Waals surface area contributed by atoms with E-state index in [4.69, 9.17) is 9.26 Å². The molecule has 5 heteroatoms. The van der Waals surface area contributed by atoms with Crippen LogP contribution < -0.4 is 0 Å². The molecule has 1 aromatic heterocycles. The molecule has 0 radical (unpaired) electrons. The summed E-state index contributed by atoms with van der Waals surface area (Å²) in [5.74, 6) is 1.37. The highest BCUT2D eigenvalue weighted by atomic mass is 16.5. The predicted molar refractivity (Wildman–Crippen MR) is 65.2 cm³/mol. The van der Waals surface area contributed by atoms with Crippen LogP contribution in [-0.2, 0) is 17.8 Å². The molecule has 0 amide bonds. The molecule has 0 saturated carbocycles. The Bertz CT molecular complexity index is 479. The molecule has 1 N–H and O–H groups in total. The molecular formula is C13H16N2O3. The maximum absolute atomic E-state index is 9.18. The van der Waals surface area contributed by atoms with Gasteiger partial charge in [0, 0.05) is 6.61 Å². The molecule has 2 aromatic rings. The van der Waals surface area contributed by atoms with Crippen molar-refractivity contribution < 1.29 is 14.4 Å². The van der Waals surface area contributed by atoms with Gasteiger partial charge in [-0.2, -0.15) is 4.98 Å². The van der Waals surface area contributed by atoms with Gasteiger partial charge in [0.1, 0.15) is 12.4 Å². The Hall–Kier alpha value is -1.88. The van der Waals surface area contributed by atoms with Crippen LogP contribution in [0, 0.1) is 0 Å². The van der Waals surface area contributed by atoms with E-state index in [1.54, 1.807) is 12.1 Å². The summed E-state index contributed by atoms with van der Waals surface area (Å²) in [5.41, 5.74) is 1.01. The fourth-order valence-corrected chi connectivity index (χ4v) is 1.52. The Balaban J connectivity index is 1.91. The lowest BCUT2D eigenvalue weighted by atomic mass is 10.1. The topological polar surface area (TPSA) is 68.4 Å². The molecule has 0 aliphatic heterocycles. The number of phenolic OH excluding ortho intramolecular Hbond substituents is 1. The summed E-state index contributed by atoms with van der Waals surface area (Å²) in [6.45, 7) is 3.13. The van der Waals surface area contributed by atoms with Gasteiger partial charge in [-0.25, -0.2) is 0 Å². The van der Waals surface area contributed by atoms with Gasteiger partial charge < -0.3 is 14.4 Å².